The van der Waals surface area contributed by atoms with Crippen molar-refractivity contribution in [3.8, 4) is 0 Å². The van der Waals surface area contributed by atoms with Crippen molar-refractivity contribution in [1.82, 2.24) is 20.0 Å². The Kier molecular flexibility index (Phi) is 6.14. The van der Waals surface area contributed by atoms with Crippen LogP contribution in [-0.4, -0.2) is 46.8 Å². The minimum Gasteiger partial charge on any atom is -0.383 e. The molecular weight excluding hydrogens is 392 g/mol. The average Bonchev–Trinajstić information content (AvgIpc) is 3.35. The van der Waals surface area contributed by atoms with Gasteiger partial charge in [-0.3, -0.25) is 9.48 Å². The van der Waals surface area contributed by atoms with Gasteiger partial charge >= 0.3 is 6.03 Å². The predicted octanol–water partition coefficient (Wildman–Crippen LogP) is 3.73. The molecule has 1 aliphatic heterocycles. The summed E-state index contributed by atoms with van der Waals surface area (Å²) in [5.74, 6) is 0.140. The van der Waals surface area contributed by atoms with Crippen molar-refractivity contribution >= 4 is 11.8 Å². The maximum Gasteiger partial charge on any atom is 0.318 e. The van der Waals surface area contributed by atoms with Gasteiger partial charge in [0, 0.05) is 26.6 Å². The molecule has 31 heavy (non-hydrogen) atoms. The number of hydrogen-bond donors (Lipinski definition) is 1. The molecule has 7 nitrogen and oxygen atoms in total. The lowest BCUT2D eigenvalue weighted by molar-refractivity contribution is 0.0905. The lowest BCUT2D eigenvalue weighted by Gasteiger charge is -2.30. The molecule has 2 heterocycles. The van der Waals surface area contributed by atoms with E-state index < -0.39 is 0 Å². The maximum absolute atomic E-state index is 13.1. The number of benzene rings is 1. The highest BCUT2D eigenvalue weighted by molar-refractivity contribution is 6.00. The topological polar surface area (TPSA) is 76.5 Å². The van der Waals surface area contributed by atoms with Gasteiger partial charge in [-0.25, -0.2) is 4.79 Å². The zero-order chi connectivity index (χ0) is 22.0. The van der Waals surface area contributed by atoms with Gasteiger partial charge in [-0.1, -0.05) is 44.2 Å². The fourth-order valence-electron chi connectivity index (χ4n) is 4.80. The van der Waals surface area contributed by atoms with Crippen molar-refractivity contribution in [3.05, 3.63) is 52.8 Å². The zero-order valence-electron chi connectivity index (χ0n) is 18.7. The van der Waals surface area contributed by atoms with Crippen LogP contribution in [0.25, 0.3) is 0 Å². The molecule has 2 aromatic rings. The lowest BCUT2D eigenvalue weighted by Crippen LogP contribution is -2.39. The van der Waals surface area contributed by atoms with Crippen LogP contribution in [0.1, 0.15) is 66.5 Å². The van der Waals surface area contributed by atoms with Crippen LogP contribution in [0.15, 0.2) is 30.3 Å². The number of carbonyl (C=O) groups excluding carboxylic acids is 2. The molecule has 1 aromatic carbocycles. The van der Waals surface area contributed by atoms with E-state index in [9.17, 15) is 9.59 Å². The fraction of sp³-hybridized carbons (Fsp3) is 0.542. The summed E-state index contributed by atoms with van der Waals surface area (Å²) in [4.78, 5) is 28.0. The van der Waals surface area contributed by atoms with Crippen molar-refractivity contribution in [3.63, 3.8) is 0 Å². The number of methoxy groups -OCH3 is 1. The van der Waals surface area contributed by atoms with Crippen LogP contribution in [-0.2, 0) is 24.2 Å². The third kappa shape index (κ3) is 4.51. The molecular formula is C24H32N4O3. The van der Waals surface area contributed by atoms with Crippen LogP contribution >= 0.6 is 0 Å². The average molecular weight is 425 g/mol. The normalized spacial score (nSPS) is 20.0. The van der Waals surface area contributed by atoms with E-state index in [2.05, 4.69) is 19.2 Å². The second kappa shape index (κ2) is 8.83. The quantitative estimate of drug-likeness (QED) is 0.767. The van der Waals surface area contributed by atoms with Gasteiger partial charge < -0.3 is 15.0 Å². The highest BCUT2D eigenvalue weighted by atomic mass is 16.5. The number of hydrogen-bond acceptors (Lipinski definition) is 4. The van der Waals surface area contributed by atoms with Gasteiger partial charge in [0.25, 0.3) is 0 Å². The van der Waals surface area contributed by atoms with Gasteiger partial charge in [0.1, 0.15) is 0 Å². The van der Waals surface area contributed by atoms with Gasteiger partial charge in [0.05, 0.1) is 36.1 Å². The van der Waals surface area contributed by atoms with Crippen LogP contribution in [0.3, 0.4) is 0 Å². The Labute approximate surface area is 183 Å². The molecule has 0 radical (unpaired) electrons. The summed E-state index contributed by atoms with van der Waals surface area (Å²) < 4.78 is 7.20. The summed E-state index contributed by atoms with van der Waals surface area (Å²) in [6.45, 7) is 6.55. The molecule has 1 aromatic heterocycles. The SMILES string of the molecule is COCCn1nc([C@H]2CCCN2C(=O)NCc2ccccc2)c2c1CC(C)(C)CC2=O. The van der Waals surface area contributed by atoms with E-state index in [0.717, 1.165) is 41.8 Å². The first-order chi connectivity index (χ1) is 14.9. The number of nitrogens with one attached hydrogen (secondary N) is 1. The number of ether oxygens (including phenoxy) is 1. The number of rotatable bonds is 6. The van der Waals surface area contributed by atoms with Crippen LogP contribution in [0.5, 0.6) is 0 Å². The number of urea groups is 1. The third-order valence-corrected chi connectivity index (χ3v) is 6.27. The zero-order valence-corrected chi connectivity index (χ0v) is 18.7. The van der Waals surface area contributed by atoms with Gasteiger partial charge in [-0.15, -0.1) is 0 Å². The third-order valence-electron chi connectivity index (χ3n) is 6.27. The number of likely N-dealkylation sites (tertiary alicyclic amines) is 1. The van der Waals surface area contributed by atoms with Gasteiger partial charge in [-0.2, -0.15) is 5.10 Å². The molecule has 1 aliphatic carbocycles. The molecule has 166 valence electrons. The summed E-state index contributed by atoms with van der Waals surface area (Å²) in [5.41, 5.74) is 3.46. The highest BCUT2D eigenvalue weighted by Crippen LogP contribution is 2.41. The maximum atomic E-state index is 13.1. The van der Waals surface area contributed by atoms with E-state index in [1.54, 1.807) is 7.11 Å². The summed E-state index contributed by atoms with van der Waals surface area (Å²) in [7, 11) is 1.67. The van der Waals surface area contributed by atoms with Crippen molar-refractivity contribution in [2.45, 2.75) is 58.7 Å². The molecule has 1 atom stereocenters. The van der Waals surface area contributed by atoms with Crippen LogP contribution in [0, 0.1) is 5.41 Å². The number of aromatic nitrogens is 2. The number of Topliss-reactive ketones (excluding diaryl/α,β-unsaturated/α-hetero) is 1. The Bertz CT molecular complexity index is 951. The molecule has 0 unspecified atom stereocenters. The molecule has 0 spiro atoms. The van der Waals surface area contributed by atoms with E-state index in [0.29, 0.717) is 32.7 Å². The first-order valence-corrected chi connectivity index (χ1v) is 11.1. The fourth-order valence-corrected chi connectivity index (χ4v) is 4.80. The van der Waals surface area contributed by atoms with E-state index in [1.165, 1.54) is 0 Å². The van der Waals surface area contributed by atoms with Crippen molar-refractivity contribution in [2.75, 3.05) is 20.3 Å². The molecule has 0 saturated carbocycles. The smallest absolute Gasteiger partial charge is 0.318 e. The second-order valence-electron chi connectivity index (χ2n) is 9.36. The molecule has 1 N–H and O–H groups in total. The van der Waals surface area contributed by atoms with E-state index >= 15 is 0 Å². The van der Waals surface area contributed by atoms with Crippen molar-refractivity contribution < 1.29 is 14.3 Å². The van der Waals surface area contributed by atoms with Crippen LogP contribution in [0.4, 0.5) is 4.79 Å². The molecule has 1 saturated heterocycles. The van der Waals surface area contributed by atoms with Crippen LogP contribution in [0.2, 0.25) is 0 Å². The number of carbonyl (C=O) groups is 2. The Balaban J connectivity index is 1.59. The first-order valence-electron chi connectivity index (χ1n) is 11.1. The lowest BCUT2D eigenvalue weighted by atomic mass is 9.75. The number of ketones is 1. The van der Waals surface area contributed by atoms with Crippen molar-refractivity contribution in [2.24, 2.45) is 5.41 Å². The molecule has 0 bridgehead atoms. The van der Waals surface area contributed by atoms with Gasteiger partial charge in [0.2, 0.25) is 0 Å². The first kappa shape index (κ1) is 21.6. The number of fused-ring (bicyclic) bond motifs is 1. The standard InChI is InChI=1S/C24H32N4O3/c1-24(2)14-19-21(20(29)15-24)22(26-28(19)12-13-31-3)18-10-7-11-27(18)23(30)25-16-17-8-5-4-6-9-17/h4-6,8-9,18H,7,10-16H2,1-3H3,(H,25,30)/t18-/m1/s1. The number of amides is 2. The van der Waals surface area contributed by atoms with Gasteiger partial charge in [0.15, 0.2) is 5.78 Å². The minimum absolute atomic E-state index is 0.0887. The largest absolute Gasteiger partial charge is 0.383 e. The predicted molar refractivity (Wildman–Crippen MR) is 118 cm³/mol. The van der Waals surface area contributed by atoms with E-state index in [1.807, 2.05) is 39.9 Å². The monoisotopic (exact) mass is 424 g/mol. The summed E-state index contributed by atoms with van der Waals surface area (Å²) in [6.07, 6.45) is 3.04. The Morgan fingerprint density at radius 1 is 1.26 bits per heavy atom. The Morgan fingerprint density at radius 2 is 2.03 bits per heavy atom. The summed E-state index contributed by atoms with van der Waals surface area (Å²) in [6, 6.07) is 9.61. The minimum atomic E-state index is -0.168. The highest BCUT2D eigenvalue weighted by Gasteiger charge is 2.41. The molecule has 7 heteroatoms. The molecule has 4 rings (SSSR count). The molecule has 1 fully saturated rings. The second-order valence-corrected chi connectivity index (χ2v) is 9.36. The van der Waals surface area contributed by atoms with E-state index in [-0.39, 0.29) is 23.3 Å². The van der Waals surface area contributed by atoms with Gasteiger partial charge in [-0.05, 0) is 30.2 Å². The molecule has 2 aliphatic rings. The summed E-state index contributed by atoms with van der Waals surface area (Å²) >= 11 is 0. The van der Waals surface area contributed by atoms with E-state index in [4.69, 9.17) is 9.84 Å². The summed E-state index contributed by atoms with van der Waals surface area (Å²) in [5, 5.41) is 7.91. The number of nitrogens with zero attached hydrogens (tertiary/aromatic N) is 3. The Morgan fingerprint density at radius 3 is 2.77 bits per heavy atom. The Hall–Kier alpha value is -2.67. The van der Waals surface area contributed by atoms with Crippen LogP contribution < -0.4 is 5.32 Å². The molecule has 2 amide bonds. The van der Waals surface area contributed by atoms with Crippen molar-refractivity contribution in [1.29, 1.82) is 0 Å².